The van der Waals surface area contributed by atoms with Crippen LogP contribution in [0.2, 0.25) is 0 Å². The van der Waals surface area contributed by atoms with E-state index >= 15 is 0 Å². The number of rotatable bonds is 7. The number of carbonyl (C=O) groups excluding carboxylic acids is 2. The molecule has 0 amide bonds. The minimum atomic E-state index is -0.915. The maximum Gasteiger partial charge on any atom is 0.540 e. The highest BCUT2D eigenvalue weighted by molar-refractivity contribution is 5.59. The quantitative estimate of drug-likeness (QED) is 0.283. The van der Waals surface area contributed by atoms with Crippen LogP contribution in [0.25, 0.3) is 0 Å². The Morgan fingerprint density at radius 2 is 1.19 bits per heavy atom. The van der Waals surface area contributed by atoms with Gasteiger partial charge >= 0.3 is 12.3 Å². The Hall–Kier alpha value is -1.54. The molecule has 0 N–H and O–H groups in total. The van der Waals surface area contributed by atoms with Crippen LogP contribution in [0.1, 0.15) is 12.8 Å². The fourth-order valence-corrected chi connectivity index (χ4v) is 0.699. The third-order valence-electron chi connectivity index (χ3n) is 1.28. The Balaban J connectivity index is 3.21. The summed E-state index contributed by atoms with van der Waals surface area (Å²) < 4.78 is 9.11. The molecule has 0 saturated carbocycles. The molecule has 0 radical (unpaired) electrons. The standard InChI is InChI=1S/C8H14O8/c1-11-15-7(9)13-5-3-4-6-14-8(10)16-12-2/h3-6H2,1-2H3. The molecule has 0 spiro atoms. The van der Waals surface area contributed by atoms with E-state index in [9.17, 15) is 9.59 Å². The SMILES string of the molecule is COOC(=O)OCCCCOC(=O)OOC. The Morgan fingerprint density at radius 3 is 1.50 bits per heavy atom. The molecule has 94 valence electrons. The van der Waals surface area contributed by atoms with E-state index in [0.717, 1.165) is 0 Å². The van der Waals surface area contributed by atoms with Gasteiger partial charge in [-0.25, -0.2) is 9.59 Å². The van der Waals surface area contributed by atoms with Gasteiger partial charge < -0.3 is 9.47 Å². The van der Waals surface area contributed by atoms with Crippen LogP contribution in [0.3, 0.4) is 0 Å². The molecule has 0 unspecified atom stereocenters. The van der Waals surface area contributed by atoms with Crippen molar-refractivity contribution in [3.05, 3.63) is 0 Å². The van der Waals surface area contributed by atoms with Gasteiger partial charge in [-0.05, 0) is 12.8 Å². The van der Waals surface area contributed by atoms with Crippen molar-refractivity contribution in [1.82, 2.24) is 0 Å². The number of ether oxygens (including phenoxy) is 2. The minimum absolute atomic E-state index is 0.144. The van der Waals surface area contributed by atoms with Crippen LogP contribution < -0.4 is 0 Å². The molecule has 0 fully saturated rings. The molecular weight excluding hydrogens is 224 g/mol. The van der Waals surface area contributed by atoms with Gasteiger partial charge in [-0.15, -0.1) is 0 Å². The Labute approximate surface area is 92.2 Å². The smallest absolute Gasteiger partial charge is 0.432 e. The molecule has 0 aromatic carbocycles. The van der Waals surface area contributed by atoms with Gasteiger partial charge in [0.05, 0.1) is 27.4 Å². The molecule has 0 aliphatic carbocycles. The van der Waals surface area contributed by atoms with Crippen molar-refractivity contribution in [2.45, 2.75) is 12.8 Å². The highest BCUT2D eigenvalue weighted by Crippen LogP contribution is 1.95. The second-order valence-corrected chi connectivity index (χ2v) is 2.40. The van der Waals surface area contributed by atoms with E-state index in [1.54, 1.807) is 0 Å². The number of hydrogen-bond donors (Lipinski definition) is 0. The van der Waals surface area contributed by atoms with E-state index in [4.69, 9.17) is 0 Å². The summed E-state index contributed by atoms with van der Waals surface area (Å²) in [5.74, 6) is 0. The lowest BCUT2D eigenvalue weighted by Crippen LogP contribution is -2.10. The zero-order chi connectivity index (χ0) is 12.2. The second-order valence-electron chi connectivity index (χ2n) is 2.40. The van der Waals surface area contributed by atoms with E-state index in [0.29, 0.717) is 12.8 Å². The summed E-state index contributed by atoms with van der Waals surface area (Å²) in [5, 5.41) is 0. The fourth-order valence-electron chi connectivity index (χ4n) is 0.699. The highest BCUT2D eigenvalue weighted by atomic mass is 17.2. The van der Waals surface area contributed by atoms with Crippen LogP contribution in [0.5, 0.6) is 0 Å². The minimum Gasteiger partial charge on any atom is -0.432 e. The first-order valence-corrected chi connectivity index (χ1v) is 4.45. The van der Waals surface area contributed by atoms with Gasteiger partial charge in [0.1, 0.15) is 0 Å². The van der Waals surface area contributed by atoms with Crippen LogP contribution in [-0.2, 0) is 29.0 Å². The predicted octanol–water partition coefficient (Wildman–Crippen LogP) is 1.20. The lowest BCUT2D eigenvalue weighted by atomic mass is 10.3. The van der Waals surface area contributed by atoms with E-state index in [1.807, 2.05) is 0 Å². The average Bonchev–Trinajstić information content (AvgIpc) is 2.24. The molecule has 0 aliphatic rings. The van der Waals surface area contributed by atoms with E-state index in [-0.39, 0.29) is 13.2 Å². The zero-order valence-corrected chi connectivity index (χ0v) is 9.09. The molecule has 8 nitrogen and oxygen atoms in total. The lowest BCUT2D eigenvalue weighted by Gasteiger charge is -2.04. The van der Waals surface area contributed by atoms with Crippen LogP contribution >= 0.6 is 0 Å². The molecule has 0 aliphatic heterocycles. The van der Waals surface area contributed by atoms with E-state index < -0.39 is 12.3 Å². The summed E-state index contributed by atoms with van der Waals surface area (Å²) >= 11 is 0. The maximum absolute atomic E-state index is 10.6. The van der Waals surface area contributed by atoms with Gasteiger partial charge in [-0.3, -0.25) is 9.78 Å². The number of hydrogen-bond acceptors (Lipinski definition) is 8. The largest absolute Gasteiger partial charge is 0.540 e. The summed E-state index contributed by atoms with van der Waals surface area (Å²) in [5.41, 5.74) is 0. The molecule has 0 atom stereocenters. The fraction of sp³-hybridized carbons (Fsp3) is 0.750. The molecule has 0 aromatic rings. The first kappa shape index (κ1) is 14.5. The Morgan fingerprint density at radius 1 is 0.812 bits per heavy atom. The maximum atomic E-state index is 10.6. The second kappa shape index (κ2) is 9.99. The lowest BCUT2D eigenvalue weighted by molar-refractivity contribution is -0.232. The third-order valence-corrected chi connectivity index (χ3v) is 1.28. The summed E-state index contributed by atoms with van der Waals surface area (Å²) in [6, 6.07) is 0. The summed E-state index contributed by atoms with van der Waals surface area (Å²) in [7, 11) is 2.38. The molecule has 0 bridgehead atoms. The number of unbranched alkanes of at least 4 members (excludes halogenated alkanes) is 1. The van der Waals surface area contributed by atoms with Crippen molar-refractivity contribution in [2.75, 3.05) is 27.4 Å². The van der Waals surface area contributed by atoms with E-state index in [1.165, 1.54) is 14.2 Å². The molecule has 0 heterocycles. The van der Waals surface area contributed by atoms with Gasteiger partial charge in [-0.2, -0.15) is 9.78 Å². The van der Waals surface area contributed by atoms with Crippen molar-refractivity contribution in [3.8, 4) is 0 Å². The molecule has 8 heteroatoms. The zero-order valence-electron chi connectivity index (χ0n) is 9.09. The van der Waals surface area contributed by atoms with Crippen molar-refractivity contribution < 1.29 is 38.6 Å². The van der Waals surface area contributed by atoms with Crippen LogP contribution in [0.4, 0.5) is 9.59 Å². The highest BCUT2D eigenvalue weighted by Gasteiger charge is 2.05. The number of carbonyl (C=O) groups is 2. The van der Waals surface area contributed by atoms with Gasteiger partial charge in [0.25, 0.3) is 0 Å². The van der Waals surface area contributed by atoms with Crippen molar-refractivity contribution in [2.24, 2.45) is 0 Å². The summed E-state index contributed by atoms with van der Waals surface area (Å²) in [6.45, 7) is 0.287. The molecule has 0 rings (SSSR count). The van der Waals surface area contributed by atoms with Gasteiger partial charge in [0.2, 0.25) is 0 Å². The molecule has 0 saturated heterocycles. The Bertz CT molecular complexity index is 182. The first-order chi connectivity index (χ1) is 7.70. The van der Waals surface area contributed by atoms with Crippen LogP contribution in [-0.4, -0.2) is 39.7 Å². The molecule has 16 heavy (non-hydrogen) atoms. The van der Waals surface area contributed by atoms with Crippen molar-refractivity contribution in [3.63, 3.8) is 0 Å². The Kier molecular flexibility index (Phi) is 9.03. The summed E-state index contributed by atoms with van der Waals surface area (Å²) in [6.07, 6.45) is -0.803. The topological polar surface area (TPSA) is 89.5 Å². The van der Waals surface area contributed by atoms with Crippen molar-refractivity contribution in [1.29, 1.82) is 0 Å². The van der Waals surface area contributed by atoms with Gasteiger partial charge in [0, 0.05) is 0 Å². The van der Waals surface area contributed by atoms with Crippen molar-refractivity contribution >= 4 is 12.3 Å². The average molecular weight is 238 g/mol. The summed E-state index contributed by atoms with van der Waals surface area (Å²) in [4.78, 5) is 37.4. The molecular formula is C8H14O8. The third kappa shape index (κ3) is 9.03. The normalized spacial score (nSPS) is 9.38. The van der Waals surface area contributed by atoms with Crippen LogP contribution in [0, 0.1) is 0 Å². The van der Waals surface area contributed by atoms with Gasteiger partial charge in [0.15, 0.2) is 0 Å². The molecule has 0 aromatic heterocycles. The van der Waals surface area contributed by atoms with E-state index in [2.05, 4.69) is 29.0 Å². The first-order valence-electron chi connectivity index (χ1n) is 4.45. The monoisotopic (exact) mass is 238 g/mol. The van der Waals surface area contributed by atoms with Crippen LogP contribution in [0.15, 0.2) is 0 Å². The van der Waals surface area contributed by atoms with Gasteiger partial charge in [-0.1, -0.05) is 0 Å². The predicted molar refractivity (Wildman–Crippen MR) is 48.1 cm³/mol.